The third kappa shape index (κ3) is 5.83. The van der Waals surface area contributed by atoms with Gasteiger partial charge in [-0.15, -0.1) is 0 Å². The summed E-state index contributed by atoms with van der Waals surface area (Å²) in [7, 11) is 1.52. The van der Waals surface area contributed by atoms with Gasteiger partial charge in [0, 0.05) is 17.3 Å². The summed E-state index contributed by atoms with van der Waals surface area (Å²) in [6, 6.07) is 21.4. The average Bonchev–Trinajstić information content (AvgIpc) is 3.23. The van der Waals surface area contributed by atoms with E-state index in [-0.39, 0.29) is 12.5 Å². The van der Waals surface area contributed by atoms with Crippen molar-refractivity contribution >= 4 is 11.6 Å². The minimum Gasteiger partial charge on any atom is -0.493 e. The number of hydrogen-bond acceptors (Lipinski definition) is 7. The Morgan fingerprint density at radius 2 is 1.83 bits per heavy atom. The number of methoxy groups -OCH3 is 1. The fraction of sp³-hybridized carbons (Fsp3) is 0.179. The molecule has 0 atom stereocenters. The zero-order chi connectivity index (χ0) is 25.5. The molecule has 0 aliphatic carbocycles. The van der Waals surface area contributed by atoms with E-state index >= 15 is 0 Å². The van der Waals surface area contributed by atoms with E-state index in [1.165, 1.54) is 7.11 Å². The fourth-order valence-corrected chi connectivity index (χ4v) is 3.55. The molecule has 0 aliphatic rings. The molecule has 1 amide bonds. The van der Waals surface area contributed by atoms with E-state index in [9.17, 15) is 4.79 Å². The summed E-state index contributed by atoms with van der Waals surface area (Å²) in [4.78, 5) is 12.9. The number of carbonyl (C=O) groups excluding carboxylic acids is 1. The normalized spacial score (nSPS) is 10.4. The Morgan fingerprint density at radius 1 is 1.00 bits per heavy atom. The molecular formula is C28H25N3O5. The summed E-state index contributed by atoms with van der Waals surface area (Å²) in [5.74, 6) is 1.93. The van der Waals surface area contributed by atoms with Gasteiger partial charge in [-0.25, -0.2) is 0 Å². The number of rotatable bonds is 9. The minimum absolute atomic E-state index is 0.274. The number of amides is 1. The van der Waals surface area contributed by atoms with Gasteiger partial charge in [0.1, 0.15) is 24.7 Å². The van der Waals surface area contributed by atoms with Crippen LogP contribution in [-0.2, 0) is 13.2 Å². The quantitative estimate of drug-likeness (QED) is 0.331. The smallest absolute Gasteiger partial charge is 0.255 e. The van der Waals surface area contributed by atoms with Crippen LogP contribution in [0, 0.1) is 25.2 Å². The second-order valence-electron chi connectivity index (χ2n) is 8.04. The Labute approximate surface area is 209 Å². The Balaban J connectivity index is 1.40. The van der Waals surface area contributed by atoms with Crippen LogP contribution in [0.25, 0.3) is 0 Å². The average molecular weight is 484 g/mol. The van der Waals surface area contributed by atoms with E-state index in [0.717, 1.165) is 16.8 Å². The van der Waals surface area contributed by atoms with Crippen molar-refractivity contribution in [1.82, 2.24) is 5.16 Å². The van der Waals surface area contributed by atoms with Crippen molar-refractivity contribution in [2.24, 2.45) is 0 Å². The van der Waals surface area contributed by atoms with Gasteiger partial charge < -0.3 is 24.1 Å². The van der Waals surface area contributed by atoms with E-state index in [0.29, 0.717) is 46.4 Å². The molecule has 0 saturated carbocycles. The fourth-order valence-electron chi connectivity index (χ4n) is 3.55. The minimum atomic E-state index is -0.301. The predicted octanol–water partition coefficient (Wildman–Crippen LogP) is 5.58. The van der Waals surface area contributed by atoms with Crippen LogP contribution in [0.15, 0.2) is 71.3 Å². The molecule has 0 radical (unpaired) electrons. The third-order valence-electron chi connectivity index (χ3n) is 5.53. The Kier molecular flexibility index (Phi) is 7.51. The summed E-state index contributed by atoms with van der Waals surface area (Å²) >= 11 is 0. The van der Waals surface area contributed by atoms with Crippen LogP contribution < -0.4 is 19.5 Å². The van der Waals surface area contributed by atoms with Crippen LogP contribution in [0.2, 0.25) is 0 Å². The Morgan fingerprint density at radius 3 is 2.58 bits per heavy atom. The molecule has 0 saturated heterocycles. The van der Waals surface area contributed by atoms with E-state index in [2.05, 4.69) is 16.5 Å². The summed E-state index contributed by atoms with van der Waals surface area (Å²) in [6.45, 7) is 4.26. The second kappa shape index (κ2) is 11.1. The topological polar surface area (TPSA) is 107 Å². The van der Waals surface area contributed by atoms with Crippen molar-refractivity contribution in [1.29, 1.82) is 5.26 Å². The lowest BCUT2D eigenvalue weighted by Gasteiger charge is -2.13. The number of aryl methyl sites for hydroxylation is 2. The molecule has 8 heteroatoms. The van der Waals surface area contributed by atoms with Crippen LogP contribution >= 0.6 is 0 Å². The lowest BCUT2D eigenvalue weighted by Crippen LogP contribution is -2.12. The van der Waals surface area contributed by atoms with Crippen LogP contribution in [0.1, 0.15) is 38.5 Å². The molecule has 1 heterocycles. The van der Waals surface area contributed by atoms with Gasteiger partial charge in [0.15, 0.2) is 11.5 Å². The summed E-state index contributed by atoms with van der Waals surface area (Å²) in [6.07, 6.45) is 0. The summed E-state index contributed by atoms with van der Waals surface area (Å²) in [5.41, 5.74) is 4.10. The Hall–Kier alpha value is -4.77. The van der Waals surface area contributed by atoms with Gasteiger partial charge in [-0.1, -0.05) is 23.4 Å². The highest BCUT2D eigenvalue weighted by Crippen LogP contribution is 2.30. The summed E-state index contributed by atoms with van der Waals surface area (Å²) in [5, 5.41) is 15.8. The van der Waals surface area contributed by atoms with Crippen molar-refractivity contribution in [2.45, 2.75) is 27.1 Å². The van der Waals surface area contributed by atoms with Crippen molar-refractivity contribution in [3.63, 3.8) is 0 Å². The molecule has 0 spiro atoms. The third-order valence-corrected chi connectivity index (χ3v) is 5.53. The van der Waals surface area contributed by atoms with Gasteiger partial charge in [-0.3, -0.25) is 4.79 Å². The number of benzene rings is 3. The van der Waals surface area contributed by atoms with Crippen molar-refractivity contribution in [3.8, 4) is 23.3 Å². The molecule has 1 N–H and O–H groups in total. The highest BCUT2D eigenvalue weighted by Gasteiger charge is 2.14. The number of anilines is 1. The van der Waals surface area contributed by atoms with Crippen LogP contribution in [-0.4, -0.2) is 18.2 Å². The molecule has 4 rings (SSSR count). The number of nitriles is 1. The molecule has 1 aromatic heterocycles. The maximum atomic E-state index is 12.9. The zero-order valence-electron chi connectivity index (χ0n) is 20.2. The SMILES string of the molecule is COc1cc(C(=O)Nc2cccc(OCc3cccc(C#N)c3)c2)ccc1OCc1c(C)noc1C. The second-order valence-corrected chi connectivity index (χ2v) is 8.04. The number of aromatic nitrogens is 1. The van der Waals surface area contributed by atoms with Gasteiger partial charge in [-0.05, 0) is 61.9 Å². The molecule has 3 aromatic carbocycles. The van der Waals surface area contributed by atoms with Crippen LogP contribution in [0.5, 0.6) is 17.2 Å². The molecule has 36 heavy (non-hydrogen) atoms. The molecule has 4 aromatic rings. The first-order valence-electron chi connectivity index (χ1n) is 11.2. The van der Waals surface area contributed by atoms with Gasteiger partial charge in [0.25, 0.3) is 5.91 Å². The van der Waals surface area contributed by atoms with Gasteiger partial charge in [0.05, 0.1) is 30.0 Å². The molecule has 0 fully saturated rings. The monoisotopic (exact) mass is 483 g/mol. The highest BCUT2D eigenvalue weighted by molar-refractivity contribution is 6.04. The predicted molar refractivity (Wildman–Crippen MR) is 133 cm³/mol. The first-order chi connectivity index (χ1) is 17.5. The van der Waals surface area contributed by atoms with Crippen LogP contribution in [0.4, 0.5) is 5.69 Å². The number of nitrogens with one attached hydrogen (secondary N) is 1. The molecule has 182 valence electrons. The summed E-state index contributed by atoms with van der Waals surface area (Å²) < 4.78 is 22.3. The number of nitrogens with zero attached hydrogens (tertiary/aromatic N) is 2. The van der Waals surface area contributed by atoms with Gasteiger partial charge in [0.2, 0.25) is 0 Å². The largest absolute Gasteiger partial charge is 0.493 e. The lowest BCUT2D eigenvalue weighted by atomic mass is 10.1. The van der Waals surface area contributed by atoms with Gasteiger partial charge >= 0.3 is 0 Å². The molecular weight excluding hydrogens is 458 g/mol. The molecule has 0 aliphatic heterocycles. The first kappa shape index (κ1) is 24.4. The maximum Gasteiger partial charge on any atom is 0.255 e. The van der Waals surface area contributed by atoms with Crippen molar-refractivity contribution in [3.05, 3.63) is 100 Å². The molecule has 0 bridgehead atoms. The molecule has 0 unspecified atom stereocenters. The van der Waals surface area contributed by atoms with Crippen LogP contribution in [0.3, 0.4) is 0 Å². The number of hydrogen-bond donors (Lipinski definition) is 1. The van der Waals surface area contributed by atoms with Crippen molar-refractivity contribution in [2.75, 3.05) is 12.4 Å². The first-order valence-corrected chi connectivity index (χ1v) is 11.2. The van der Waals surface area contributed by atoms with Crippen molar-refractivity contribution < 1.29 is 23.5 Å². The number of carbonyl (C=O) groups is 1. The lowest BCUT2D eigenvalue weighted by molar-refractivity contribution is 0.102. The Bertz CT molecular complexity index is 1400. The van der Waals surface area contributed by atoms with Gasteiger partial charge in [-0.2, -0.15) is 5.26 Å². The maximum absolute atomic E-state index is 12.9. The van der Waals surface area contributed by atoms with E-state index in [1.807, 2.05) is 26.0 Å². The van der Waals surface area contributed by atoms with E-state index < -0.39 is 0 Å². The standard InChI is InChI=1S/C28H25N3O5/c1-18-25(19(2)36-31-18)17-35-26-11-10-22(13-27(26)33-3)28(32)30-23-8-5-9-24(14-23)34-16-21-7-4-6-20(12-21)15-29/h4-14H,16-17H2,1-3H3,(H,30,32). The van der Waals surface area contributed by atoms with E-state index in [1.54, 1.807) is 54.6 Å². The number of ether oxygens (including phenoxy) is 3. The highest BCUT2D eigenvalue weighted by atomic mass is 16.5. The molecule has 8 nitrogen and oxygen atoms in total. The van der Waals surface area contributed by atoms with E-state index in [4.69, 9.17) is 24.0 Å². The zero-order valence-corrected chi connectivity index (χ0v) is 20.2.